The van der Waals surface area contributed by atoms with E-state index in [2.05, 4.69) is 6.92 Å². The van der Waals surface area contributed by atoms with Crippen molar-refractivity contribution in [2.75, 3.05) is 5.73 Å². The highest BCUT2D eigenvalue weighted by atomic mass is 35.5. The van der Waals surface area contributed by atoms with E-state index in [0.717, 1.165) is 12.8 Å². The number of hydrogen-bond donors (Lipinski definition) is 1. The van der Waals surface area contributed by atoms with Gasteiger partial charge in [-0.2, -0.15) is 0 Å². The Morgan fingerprint density at radius 2 is 1.79 bits per heavy atom. The maximum Gasteiger partial charge on any atom is 0.193 e. The Balaban J connectivity index is 2.28. The molecule has 0 fully saturated rings. The smallest absolute Gasteiger partial charge is 0.193 e. The van der Waals surface area contributed by atoms with Crippen LogP contribution >= 0.6 is 11.6 Å². The van der Waals surface area contributed by atoms with Gasteiger partial charge in [0, 0.05) is 21.8 Å². The molecule has 2 aromatic carbocycles. The second-order valence-electron chi connectivity index (χ2n) is 4.55. The van der Waals surface area contributed by atoms with Gasteiger partial charge in [-0.1, -0.05) is 49.2 Å². The first-order valence-electron chi connectivity index (χ1n) is 6.30. The minimum Gasteiger partial charge on any atom is -0.399 e. The first-order chi connectivity index (χ1) is 9.10. The van der Waals surface area contributed by atoms with Crippen LogP contribution in [0.3, 0.4) is 0 Å². The zero-order valence-corrected chi connectivity index (χ0v) is 11.6. The molecule has 0 bridgehead atoms. The molecule has 0 aromatic heterocycles. The number of anilines is 1. The molecule has 0 saturated carbocycles. The molecule has 98 valence electrons. The van der Waals surface area contributed by atoms with Crippen molar-refractivity contribution in [2.45, 2.75) is 19.8 Å². The summed E-state index contributed by atoms with van der Waals surface area (Å²) < 4.78 is 0. The fourth-order valence-electron chi connectivity index (χ4n) is 2.02. The van der Waals surface area contributed by atoms with E-state index in [1.165, 1.54) is 5.56 Å². The molecule has 2 N–H and O–H groups in total. The number of halogens is 1. The number of carbonyl (C=O) groups is 1. The van der Waals surface area contributed by atoms with Crippen LogP contribution in [0.5, 0.6) is 0 Å². The highest BCUT2D eigenvalue weighted by Gasteiger charge is 2.10. The molecule has 0 atom stereocenters. The highest BCUT2D eigenvalue weighted by molar-refractivity contribution is 6.31. The fourth-order valence-corrected chi connectivity index (χ4v) is 2.27. The number of benzene rings is 2. The predicted molar refractivity (Wildman–Crippen MR) is 79.7 cm³/mol. The molecule has 0 heterocycles. The van der Waals surface area contributed by atoms with Crippen molar-refractivity contribution in [2.24, 2.45) is 0 Å². The van der Waals surface area contributed by atoms with Crippen molar-refractivity contribution in [3.8, 4) is 0 Å². The van der Waals surface area contributed by atoms with Crippen LogP contribution < -0.4 is 5.73 Å². The molecule has 0 aliphatic rings. The van der Waals surface area contributed by atoms with Gasteiger partial charge in [0.05, 0.1) is 0 Å². The number of carbonyl (C=O) groups excluding carboxylic acids is 1. The van der Waals surface area contributed by atoms with Crippen molar-refractivity contribution < 1.29 is 4.79 Å². The number of rotatable bonds is 4. The monoisotopic (exact) mass is 273 g/mol. The van der Waals surface area contributed by atoms with Crippen LogP contribution in [0, 0.1) is 0 Å². The molecule has 0 aliphatic carbocycles. The Morgan fingerprint density at radius 3 is 2.37 bits per heavy atom. The lowest BCUT2D eigenvalue weighted by atomic mass is 10.0. The highest BCUT2D eigenvalue weighted by Crippen LogP contribution is 2.19. The van der Waals surface area contributed by atoms with Crippen LogP contribution in [-0.2, 0) is 6.42 Å². The fraction of sp³-hybridized carbons (Fsp3) is 0.188. The zero-order chi connectivity index (χ0) is 13.8. The summed E-state index contributed by atoms with van der Waals surface area (Å²) in [5, 5.41) is 0.478. The summed E-state index contributed by atoms with van der Waals surface area (Å²) in [4.78, 5) is 12.3. The van der Waals surface area contributed by atoms with E-state index in [4.69, 9.17) is 17.3 Å². The van der Waals surface area contributed by atoms with E-state index in [0.29, 0.717) is 21.8 Å². The molecule has 3 heteroatoms. The molecule has 0 saturated heterocycles. The van der Waals surface area contributed by atoms with Gasteiger partial charge >= 0.3 is 0 Å². The number of aryl methyl sites for hydroxylation is 1. The molecule has 0 radical (unpaired) electrons. The maximum absolute atomic E-state index is 12.3. The summed E-state index contributed by atoms with van der Waals surface area (Å²) >= 11 is 5.92. The van der Waals surface area contributed by atoms with Gasteiger partial charge in [0.2, 0.25) is 0 Å². The molecule has 19 heavy (non-hydrogen) atoms. The average Bonchev–Trinajstić information content (AvgIpc) is 2.38. The van der Waals surface area contributed by atoms with Crippen molar-refractivity contribution >= 4 is 23.1 Å². The third-order valence-electron chi connectivity index (χ3n) is 2.94. The van der Waals surface area contributed by atoms with Crippen molar-refractivity contribution in [3.63, 3.8) is 0 Å². The Morgan fingerprint density at radius 1 is 1.11 bits per heavy atom. The minimum atomic E-state index is -0.0581. The lowest BCUT2D eigenvalue weighted by Gasteiger charge is -2.05. The van der Waals surface area contributed by atoms with Gasteiger partial charge in [0.1, 0.15) is 0 Å². The molecule has 2 nitrogen and oxygen atoms in total. The lowest BCUT2D eigenvalue weighted by Crippen LogP contribution is -2.02. The zero-order valence-electron chi connectivity index (χ0n) is 10.8. The standard InChI is InChI=1S/C16H16ClNO/c1-2-3-11-4-6-12(7-5-11)16(19)13-8-14(17)10-15(18)9-13/h4-10H,2-3,18H2,1H3. The van der Waals surface area contributed by atoms with Crippen molar-refractivity contribution in [1.29, 1.82) is 0 Å². The Labute approximate surface area is 118 Å². The quantitative estimate of drug-likeness (QED) is 0.673. The van der Waals surface area contributed by atoms with E-state index in [-0.39, 0.29) is 5.78 Å². The molecule has 0 aliphatic heterocycles. The van der Waals surface area contributed by atoms with E-state index < -0.39 is 0 Å². The van der Waals surface area contributed by atoms with Gasteiger partial charge in [-0.3, -0.25) is 4.79 Å². The molecule has 2 rings (SSSR count). The van der Waals surface area contributed by atoms with E-state index in [9.17, 15) is 4.79 Å². The van der Waals surface area contributed by atoms with E-state index in [1.54, 1.807) is 18.2 Å². The SMILES string of the molecule is CCCc1ccc(C(=O)c2cc(N)cc(Cl)c2)cc1. The number of hydrogen-bond acceptors (Lipinski definition) is 2. The average molecular weight is 274 g/mol. The number of ketones is 1. The van der Waals surface area contributed by atoms with Crippen LogP contribution in [-0.4, -0.2) is 5.78 Å². The topological polar surface area (TPSA) is 43.1 Å². The summed E-state index contributed by atoms with van der Waals surface area (Å²) in [5.74, 6) is -0.0581. The van der Waals surface area contributed by atoms with E-state index >= 15 is 0 Å². The molecule has 0 unspecified atom stereocenters. The molecule has 0 amide bonds. The van der Waals surface area contributed by atoms with Crippen LogP contribution in [0.15, 0.2) is 42.5 Å². The molecule has 0 spiro atoms. The van der Waals surface area contributed by atoms with Gasteiger partial charge in [-0.05, 0) is 30.2 Å². The molecular formula is C16H16ClNO. The Bertz CT molecular complexity index is 570. The van der Waals surface area contributed by atoms with Crippen molar-refractivity contribution in [1.82, 2.24) is 0 Å². The summed E-state index contributed by atoms with van der Waals surface area (Å²) in [6.45, 7) is 2.13. The Kier molecular flexibility index (Phi) is 4.23. The molecular weight excluding hydrogens is 258 g/mol. The maximum atomic E-state index is 12.3. The van der Waals surface area contributed by atoms with Gasteiger partial charge < -0.3 is 5.73 Å². The molecule has 2 aromatic rings. The van der Waals surface area contributed by atoms with Crippen LogP contribution in [0.2, 0.25) is 5.02 Å². The van der Waals surface area contributed by atoms with Crippen molar-refractivity contribution in [3.05, 3.63) is 64.2 Å². The van der Waals surface area contributed by atoms with E-state index in [1.807, 2.05) is 24.3 Å². The normalized spacial score (nSPS) is 10.4. The predicted octanol–water partition coefficient (Wildman–Crippen LogP) is 4.11. The number of nitrogen functional groups attached to an aromatic ring is 1. The second kappa shape index (κ2) is 5.89. The van der Waals surface area contributed by atoms with Gasteiger partial charge in [-0.25, -0.2) is 0 Å². The second-order valence-corrected chi connectivity index (χ2v) is 4.99. The first-order valence-corrected chi connectivity index (χ1v) is 6.67. The Hall–Kier alpha value is -1.80. The third kappa shape index (κ3) is 3.36. The van der Waals surface area contributed by atoms with Crippen LogP contribution in [0.25, 0.3) is 0 Å². The largest absolute Gasteiger partial charge is 0.399 e. The third-order valence-corrected chi connectivity index (χ3v) is 3.16. The lowest BCUT2D eigenvalue weighted by molar-refractivity contribution is 0.103. The van der Waals surface area contributed by atoms with Gasteiger partial charge in [0.15, 0.2) is 5.78 Å². The first kappa shape index (κ1) is 13.6. The summed E-state index contributed by atoms with van der Waals surface area (Å²) in [7, 11) is 0. The van der Waals surface area contributed by atoms with Crippen LogP contribution in [0.1, 0.15) is 34.8 Å². The van der Waals surface area contributed by atoms with Gasteiger partial charge in [0.25, 0.3) is 0 Å². The summed E-state index contributed by atoms with van der Waals surface area (Å²) in [5.41, 5.74) is 8.62. The minimum absolute atomic E-state index is 0.0581. The summed E-state index contributed by atoms with van der Waals surface area (Å²) in [6.07, 6.45) is 2.12. The van der Waals surface area contributed by atoms with Crippen LogP contribution in [0.4, 0.5) is 5.69 Å². The van der Waals surface area contributed by atoms with Gasteiger partial charge in [-0.15, -0.1) is 0 Å². The summed E-state index contributed by atoms with van der Waals surface area (Å²) in [6, 6.07) is 12.6. The number of nitrogens with two attached hydrogens (primary N) is 1.